The second-order valence-corrected chi connectivity index (χ2v) is 7.37. The summed E-state index contributed by atoms with van der Waals surface area (Å²) in [6, 6.07) is -0.144. The first-order chi connectivity index (χ1) is 11.8. The van der Waals surface area contributed by atoms with E-state index in [1.165, 1.54) is 5.01 Å². The first-order valence-corrected chi connectivity index (χ1v) is 8.23. The van der Waals surface area contributed by atoms with Gasteiger partial charge in [0.05, 0.1) is 6.04 Å². The highest BCUT2D eigenvalue weighted by Crippen LogP contribution is 2.28. The Bertz CT molecular complexity index is 518. The molecule has 27 heavy (non-hydrogen) atoms. The molecule has 158 valence electrons. The van der Waals surface area contributed by atoms with E-state index >= 15 is 0 Å². The smallest absolute Gasteiger partial charge is 0.422 e. The number of hydrogen-bond donors (Lipinski definition) is 4. The molecule has 0 heterocycles. The van der Waals surface area contributed by atoms with E-state index in [-0.39, 0.29) is 28.9 Å². The van der Waals surface area contributed by atoms with Crippen molar-refractivity contribution in [1.29, 1.82) is 0 Å². The van der Waals surface area contributed by atoms with Crippen molar-refractivity contribution in [3.63, 3.8) is 0 Å². The van der Waals surface area contributed by atoms with E-state index in [0.29, 0.717) is 6.42 Å². The van der Waals surface area contributed by atoms with Gasteiger partial charge in [-0.15, -0.1) is 0 Å². The van der Waals surface area contributed by atoms with Crippen LogP contribution in [0.15, 0.2) is 0 Å². The lowest BCUT2D eigenvalue weighted by molar-refractivity contribution is -0.159. The van der Waals surface area contributed by atoms with Crippen LogP contribution in [-0.2, 0) is 14.4 Å². The van der Waals surface area contributed by atoms with Crippen molar-refractivity contribution in [2.45, 2.75) is 58.0 Å². The van der Waals surface area contributed by atoms with E-state index in [2.05, 4.69) is 5.43 Å². The first kappa shape index (κ1) is 26.8. The minimum absolute atomic E-state index is 0. The van der Waals surface area contributed by atoms with Gasteiger partial charge >= 0.3 is 18.0 Å². The lowest BCUT2D eigenvalue weighted by Gasteiger charge is -2.39. The zero-order valence-electron chi connectivity index (χ0n) is 16.4. The summed E-state index contributed by atoms with van der Waals surface area (Å²) in [5.41, 5.74) is 2.70. The van der Waals surface area contributed by atoms with Gasteiger partial charge in [0, 0.05) is 25.6 Å². The second-order valence-electron chi connectivity index (χ2n) is 7.37. The molecule has 0 aromatic carbocycles. The molecule has 1 fully saturated rings. The Hall–Kier alpha value is -2.40. The summed E-state index contributed by atoms with van der Waals surface area (Å²) in [6.45, 7) is 5.77. The van der Waals surface area contributed by atoms with Crippen LogP contribution in [0, 0.1) is 5.92 Å². The maximum atomic E-state index is 12.1. The Morgan fingerprint density at radius 2 is 1.44 bits per heavy atom. The molecule has 11 nitrogen and oxygen atoms in total. The lowest BCUT2D eigenvalue weighted by Crippen LogP contribution is -2.57. The predicted molar refractivity (Wildman–Crippen MR) is 96.1 cm³/mol. The van der Waals surface area contributed by atoms with Crippen LogP contribution >= 0.6 is 0 Å². The number of hydrogen-bond acceptors (Lipinski definition) is 5. The Kier molecular flexibility index (Phi) is 11.3. The van der Waals surface area contributed by atoms with Gasteiger partial charge in [0.2, 0.25) is 5.91 Å². The van der Waals surface area contributed by atoms with E-state index in [0.717, 1.165) is 19.3 Å². The molecular formula is C16H31N3O8. The highest BCUT2D eigenvalue weighted by Gasteiger charge is 2.34. The van der Waals surface area contributed by atoms with E-state index in [9.17, 15) is 14.7 Å². The van der Waals surface area contributed by atoms with Crippen molar-refractivity contribution in [3.05, 3.63) is 0 Å². The molecule has 6 N–H and O–H groups in total. The van der Waals surface area contributed by atoms with Crippen molar-refractivity contribution in [2.75, 3.05) is 14.1 Å². The number of rotatable bonds is 3. The number of carbonyl (C=O) groups is 4. The number of carboxylic acids is 2. The van der Waals surface area contributed by atoms with E-state index in [4.69, 9.17) is 19.8 Å². The zero-order valence-corrected chi connectivity index (χ0v) is 16.4. The van der Waals surface area contributed by atoms with Crippen LogP contribution in [0.4, 0.5) is 4.79 Å². The van der Waals surface area contributed by atoms with Gasteiger partial charge in [0.1, 0.15) is 0 Å². The second kappa shape index (κ2) is 11.3. The van der Waals surface area contributed by atoms with Gasteiger partial charge in [0.25, 0.3) is 0 Å². The van der Waals surface area contributed by atoms with Crippen molar-refractivity contribution < 1.29 is 40.0 Å². The molecule has 0 radical (unpaired) electrons. The van der Waals surface area contributed by atoms with Gasteiger partial charge < -0.3 is 25.7 Å². The van der Waals surface area contributed by atoms with Crippen LogP contribution in [0.25, 0.3) is 0 Å². The maximum absolute atomic E-state index is 12.1. The molecule has 2 atom stereocenters. The SMILES string of the molecule is CN(C)C(=O)[C@H]1CCCC(N(NC(C)(C)C)C(=O)O)C1.O.O=C(O)C(=O)O. The van der Waals surface area contributed by atoms with Crippen LogP contribution in [0.5, 0.6) is 0 Å². The Morgan fingerprint density at radius 3 is 1.78 bits per heavy atom. The van der Waals surface area contributed by atoms with Crippen LogP contribution < -0.4 is 5.43 Å². The third-order valence-corrected chi connectivity index (χ3v) is 3.65. The minimum Gasteiger partial charge on any atom is -0.473 e. The Balaban J connectivity index is 0. The minimum atomic E-state index is -1.82. The molecule has 0 aliphatic heterocycles. The molecule has 1 aliphatic carbocycles. The highest BCUT2D eigenvalue weighted by molar-refractivity contribution is 6.27. The van der Waals surface area contributed by atoms with E-state index in [1.54, 1.807) is 19.0 Å². The zero-order chi connectivity index (χ0) is 20.7. The third-order valence-electron chi connectivity index (χ3n) is 3.65. The van der Waals surface area contributed by atoms with Crippen molar-refractivity contribution in [1.82, 2.24) is 15.3 Å². The number of nitrogens with zero attached hydrogens (tertiary/aromatic N) is 2. The molecule has 0 bridgehead atoms. The molecule has 0 aromatic rings. The fraction of sp³-hybridized carbons (Fsp3) is 0.750. The largest absolute Gasteiger partial charge is 0.473 e. The highest BCUT2D eigenvalue weighted by atomic mass is 16.4. The number of hydrazine groups is 1. The summed E-state index contributed by atoms with van der Waals surface area (Å²) in [5, 5.41) is 25.5. The molecule has 1 saturated carbocycles. The fourth-order valence-corrected chi connectivity index (χ4v) is 2.64. The number of aliphatic carboxylic acids is 2. The lowest BCUT2D eigenvalue weighted by atomic mass is 9.84. The number of carboxylic acid groups (broad SMARTS) is 3. The van der Waals surface area contributed by atoms with Gasteiger partial charge in [-0.3, -0.25) is 4.79 Å². The molecule has 1 unspecified atom stereocenters. The van der Waals surface area contributed by atoms with Gasteiger partial charge in [-0.2, -0.15) is 0 Å². The maximum Gasteiger partial charge on any atom is 0.422 e. The quantitative estimate of drug-likeness (QED) is 0.389. The summed E-state index contributed by atoms with van der Waals surface area (Å²) in [4.78, 5) is 43.3. The topological polar surface area (TPSA) is 179 Å². The molecule has 2 amide bonds. The normalized spacial score (nSPS) is 18.9. The van der Waals surface area contributed by atoms with Gasteiger partial charge in [-0.05, 0) is 40.0 Å². The molecular weight excluding hydrogens is 362 g/mol. The van der Waals surface area contributed by atoms with E-state index in [1.807, 2.05) is 20.8 Å². The first-order valence-electron chi connectivity index (χ1n) is 8.23. The summed E-state index contributed by atoms with van der Waals surface area (Å²) >= 11 is 0. The van der Waals surface area contributed by atoms with Crippen LogP contribution in [0.3, 0.4) is 0 Å². The standard InChI is InChI=1S/C14H27N3O3.C2H2O4.H2O/c1-14(2,3)15-17(13(19)20)11-8-6-7-10(9-11)12(18)16(4)5;3-1(4)2(5)6;/h10-11,15H,6-9H2,1-5H3,(H,19,20);(H,3,4)(H,5,6);1H2/t10-,11?;;/m0../s1. The van der Waals surface area contributed by atoms with Gasteiger partial charge in [-0.1, -0.05) is 6.42 Å². The summed E-state index contributed by atoms with van der Waals surface area (Å²) < 4.78 is 0. The number of amides is 2. The summed E-state index contributed by atoms with van der Waals surface area (Å²) in [5.74, 6) is -3.63. The van der Waals surface area contributed by atoms with Crippen LogP contribution in [-0.4, -0.2) is 80.3 Å². The molecule has 0 aromatic heterocycles. The Morgan fingerprint density at radius 1 is 0.963 bits per heavy atom. The predicted octanol–water partition coefficient (Wildman–Crippen LogP) is 0.247. The average molecular weight is 393 g/mol. The van der Waals surface area contributed by atoms with Crippen molar-refractivity contribution >= 4 is 23.9 Å². The molecule has 1 rings (SSSR count). The summed E-state index contributed by atoms with van der Waals surface area (Å²) in [7, 11) is 3.49. The van der Waals surface area contributed by atoms with Crippen LogP contribution in [0.2, 0.25) is 0 Å². The Labute approximate surface area is 158 Å². The van der Waals surface area contributed by atoms with Gasteiger partial charge in [-0.25, -0.2) is 24.8 Å². The molecule has 0 spiro atoms. The van der Waals surface area contributed by atoms with E-state index < -0.39 is 18.0 Å². The summed E-state index contributed by atoms with van der Waals surface area (Å²) in [6.07, 6.45) is 2.13. The number of carbonyl (C=O) groups excluding carboxylic acids is 1. The molecule has 0 saturated heterocycles. The fourth-order valence-electron chi connectivity index (χ4n) is 2.64. The molecule has 1 aliphatic rings. The third kappa shape index (κ3) is 10.4. The number of nitrogens with one attached hydrogen (secondary N) is 1. The average Bonchev–Trinajstić information content (AvgIpc) is 2.51. The van der Waals surface area contributed by atoms with Gasteiger partial charge in [0.15, 0.2) is 0 Å². The van der Waals surface area contributed by atoms with Crippen molar-refractivity contribution in [3.8, 4) is 0 Å². The molecule has 11 heteroatoms. The van der Waals surface area contributed by atoms with Crippen LogP contribution in [0.1, 0.15) is 46.5 Å². The van der Waals surface area contributed by atoms with Crippen molar-refractivity contribution in [2.24, 2.45) is 5.92 Å². The monoisotopic (exact) mass is 393 g/mol.